The zero-order valence-electron chi connectivity index (χ0n) is 14.8. The Morgan fingerprint density at radius 2 is 1.79 bits per heavy atom. The molecule has 128 valence electrons. The number of carbonyl (C=O) groups excluding carboxylic acids is 1. The topological polar surface area (TPSA) is 32.8 Å². The lowest BCUT2D eigenvalue weighted by atomic mass is 10.0. The molecule has 1 aliphatic rings. The minimum Gasteiger partial charge on any atom is -0.497 e. The summed E-state index contributed by atoms with van der Waals surface area (Å²) < 4.78 is 5.30. The van der Waals surface area contributed by atoms with Crippen LogP contribution in [0.15, 0.2) is 36.4 Å². The van der Waals surface area contributed by atoms with Crippen molar-refractivity contribution in [3.8, 4) is 5.75 Å². The summed E-state index contributed by atoms with van der Waals surface area (Å²) in [6.45, 7) is 7.58. The van der Waals surface area contributed by atoms with Crippen LogP contribution in [0.25, 0.3) is 10.8 Å². The average molecular weight is 326 g/mol. The van der Waals surface area contributed by atoms with Crippen LogP contribution in [-0.2, 0) is 4.79 Å². The summed E-state index contributed by atoms with van der Waals surface area (Å²) in [5, 5.41) is 2.43. The number of benzene rings is 2. The molecule has 0 bridgehead atoms. The van der Waals surface area contributed by atoms with E-state index in [1.165, 1.54) is 16.3 Å². The second-order valence-electron chi connectivity index (χ2n) is 6.54. The molecule has 1 aliphatic heterocycles. The van der Waals surface area contributed by atoms with Gasteiger partial charge in [0, 0.05) is 39.1 Å². The van der Waals surface area contributed by atoms with E-state index in [0.717, 1.165) is 38.3 Å². The number of fused-ring (bicyclic) bond motifs is 1. The Bertz CT molecular complexity index is 729. The Morgan fingerprint density at radius 3 is 2.54 bits per heavy atom. The van der Waals surface area contributed by atoms with Crippen molar-refractivity contribution in [1.82, 2.24) is 9.80 Å². The van der Waals surface area contributed by atoms with Gasteiger partial charge in [-0.1, -0.05) is 18.2 Å². The highest BCUT2D eigenvalue weighted by atomic mass is 16.5. The fourth-order valence-electron chi connectivity index (χ4n) is 3.48. The lowest BCUT2D eigenvalue weighted by Crippen LogP contribution is -2.34. The van der Waals surface area contributed by atoms with Gasteiger partial charge in [-0.05, 0) is 47.9 Å². The fourth-order valence-corrected chi connectivity index (χ4v) is 3.48. The molecule has 1 unspecified atom stereocenters. The lowest BCUT2D eigenvalue weighted by molar-refractivity contribution is -0.128. The normalized spacial score (nSPS) is 17.5. The summed E-state index contributed by atoms with van der Waals surface area (Å²) in [5.41, 5.74) is 1.32. The maximum atomic E-state index is 11.6. The number of carbonyl (C=O) groups is 1. The summed E-state index contributed by atoms with van der Waals surface area (Å²) in [4.78, 5) is 16.0. The van der Waals surface area contributed by atoms with E-state index in [1.54, 1.807) is 14.0 Å². The van der Waals surface area contributed by atoms with Gasteiger partial charge in [0.15, 0.2) is 0 Å². The van der Waals surface area contributed by atoms with Gasteiger partial charge in [-0.25, -0.2) is 0 Å². The summed E-state index contributed by atoms with van der Waals surface area (Å²) in [6, 6.07) is 13.2. The number of methoxy groups -OCH3 is 1. The van der Waals surface area contributed by atoms with Gasteiger partial charge in [-0.15, -0.1) is 0 Å². The van der Waals surface area contributed by atoms with Crippen molar-refractivity contribution in [2.24, 2.45) is 0 Å². The van der Waals surface area contributed by atoms with Crippen molar-refractivity contribution in [1.29, 1.82) is 0 Å². The van der Waals surface area contributed by atoms with Crippen LogP contribution in [0, 0.1) is 0 Å². The Morgan fingerprint density at radius 1 is 1.04 bits per heavy atom. The van der Waals surface area contributed by atoms with Crippen LogP contribution < -0.4 is 4.74 Å². The van der Waals surface area contributed by atoms with Crippen LogP contribution in [0.1, 0.15) is 31.9 Å². The number of ether oxygens (including phenoxy) is 1. The van der Waals surface area contributed by atoms with Crippen molar-refractivity contribution in [3.05, 3.63) is 42.0 Å². The van der Waals surface area contributed by atoms with Crippen LogP contribution in [0.4, 0.5) is 0 Å². The minimum atomic E-state index is 0.184. The van der Waals surface area contributed by atoms with Gasteiger partial charge >= 0.3 is 0 Å². The minimum absolute atomic E-state index is 0.184. The average Bonchev–Trinajstić information content (AvgIpc) is 2.86. The van der Waals surface area contributed by atoms with E-state index in [2.05, 4.69) is 42.2 Å². The van der Waals surface area contributed by atoms with Gasteiger partial charge in [-0.2, -0.15) is 0 Å². The highest BCUT2D eigenvalue weighted by Crippen LogP contribution is 2.27. The van der Waals surface area contributed by atoms with Gasteiger partial charge in [0.2, 0.25) is 5.91 Å². The van der Waals surface area contributed by atoms with Crippen LogP contribution in [0.5, 0.6) is 5.75 Å². The van der Waals surface area contributed by atoms with E-state index >= 15 is 0 Å². The maximum absolute atomic E-state index is 11.6. The molecule has 0 aliphatic carbocycles. The Kier molecular flexibility index (Phi) is 5.05. The van der Waals surface area contributed by atoms with E-state index in [4.69, 9.17) is 4.74 Å². The van der Waals surface area contributed by atoms with Crippen molar-refractivity contribution in [2.75, 3.05) is 33.3 Å². The number of hydrogen-bond donors (Lipinski definition) is 0. The maximum Gasteiger partial charge on any atom is 0.219 e. The molecular formula is C20H26N2O2. The molecule has 0 saturated carbocycles. The molecule has 1 atom stereocenters. The predicted molar refractivity (Wildman–Crippen MR) is 97.4 cm³/mol. The van der Waals surface area contributed by atoms with E-state index < -0.39 is 0 Å². The quantitative estimate of drug-likeness (QED) is 0.866. The van der Waals surface area contributed by atoms with E-state index in [1.807, 2.05) is 11.0 Å². The summed E-state index contributed by atoms with van der Waals surface area (Å²) >= 11 is 0. The second-order valence-corrected chi connectivity index (χ2v) is 6.54. The van der Waals surface area contributed by atoms with Gasteiger partial charge in [0.05, 0.1) is 7.11 Å². The summed E-state index contributed by atoms with van der Waals surface area (Å²) in [7, 11) is 1.70. The van der Waals surface area contributed by atoms with Crippen molar-refractivity contribution in [3.63, 3.8) is 0 Å². The third-order valence-corrected chi connectivity index (χ3v) is 5.08. The van der Waals surface area contributed by atoms with Crippen LogP contribution in [0.3, 0.4) is 0 Å². The van der Waals surface area contributed by atoms with Gasteiger partial charge in [0.25, 0.3) is 0 Å². The number of nitrogens with zero attached hydrogens (tertiary/aromatic N) is 2. The molecule has 1 saturated heterocycles. The Labute approximate surface area is 144 Å². The zero-order chi connectivity index (χ0) is 17.1. The summed E-state index contributed by atoms with van der Waals surface area (Å²) in [5.74, 6) is 1.07. The zero-order valence-corrected chi connectivity index (χ0v) is 14.8. The first-order valence-corrected chi connectivity index (χ1v) is 8.66. The predicted octanol–water partition coefficient (Wildman–Crippen LogP) is 3.46. The molecule has 0 N–H and O–H groups in total. The van der Waals surface area contributed by atoms with Crippen molar-refractivity contribution < 1.29 is 9.53 Å². The number of hydrogen-bond acceptors (Lipinski definition) is 3. The largest absolute Gasteiger partial charge is 0.497 e. The molecule has 24 heavy (non-hydrogen) atoms. The fraction of sp³-hybridized carbons (Fsp3) is 0.450. The first kappa shape index (κ1) is 16.8. The van der Waals surface area contributed by atoms with Crippen LogP contribution in [0.2, 0.25) is 0 Å². The van der Waals surface area contributed by atoms with Crippen molar-refractivity contribution in [2.45, 2.75) is 26.3 Å². The molecule has 3 rings (SSSR count). The number of amides is 1. The molecule has 1 heterocycles. The Hall–Kier alpha value is -2.07. The molecule has 4 nitrogen and oxygen atoms in total. The van der Waals surface area contributed by atoms with Gasteiger partial charge < -0.3 is 9.64 Å². The molecule has 0 aromatic heterocycles. The summed E-state index contributed by atoms with van der Waals surface area (Å²) in [6.07, 6.45) is 1.04. The standard InChI is InChI=1S/C20H26N2O2/c1-15(21-9-4-10-22(12-11-21)16(2)23)17-5-6-19-14-20(24-3)8-7-18(19)13-17/h5-8,13-15H,4,9-12H2,1-3H3. The first-order valence-electron chi connectivity index (χ1n) is 8.66. The van der Waals surface area contributed by atoms with Gasteiger partial charge in [-0.3, -0.25) is 9.69 Å². The third kappa shape index (κ3) is 3.54. The SMILES string of the molecule is COc1ccc2cc(C(C)N3CCCN(C(C)=O)CC3)ccc2c1. The van der Waals surface area contributed by atoms with Crippen molar-refractivity contribution >= 4 is 16.7 Å². The van der Waals surface area contributed by atoms with E-state index in [0.29, 0.717) is 6.04 Å². The molecule has 1 amide bonds. The van der Waals surface area contributed by atoms with Gasteiger partial charge in [0.1, 0.15) is 5.75 Å². The molecule has 1 fully saturated rings. The second kappa shape index (κ2) is 7.22. The molecule has 0 spiro atoms. The molecule has 4 heteroatoms. The third-order valence-electron chi connectivity index (χ3n) is 5.08. The Balaban J connectivity index is 1.78. The molecular weight excluding hydrogens is 300 g/mol. The smallest absolute Gasteiger partial charge is 0.219 e. The van der Waals surface area contributed by atoms with E-state index in [-0.39, 0.29) is 5.91 Å². The molecule has 0 radical (unpaired) electrons. The highest BCUT2D eigenvalue weighted by Gasteiger charge is 2.21. The lowest BCUT2D eigenvalue weighted by Gasteiger charge is -2.28. The van der Waals surface area contributed by atoms with E-state index in [9.17, 15) is 4.79 Å². The van der Waals surface area contributed by atoms with Crippen LogP contribution in [-0.4, -0.2) is 49.0 Å². The monoisotopic (exact) mass is 326 g/mol. The highest BCUT2D eigenvalue weighted by molar-refractivity contribution is 5.84. The molecule has 2 aromatic rings. The van der Waals surface area contributed by atoms with Crippen LogP contribution >= 0.6 is 0 Å². The first-order chi connectivity index (χ1) is 11.6. The molecule has 2 aromatic carbocycles. The number of rotatable bonds is 3.